The first-order valence-electron chi connectivity index (χ1n) is 9.94. The lowest BCUT2D eigenvalue weighted by Gasteiger charge is -2.24. The predicted molar refractivity (Wildman–Crippen MR) is 114 cm³/mol. The Bertz CT molecular complexity index is 1090. The van der Waals surface area contributed by atoms with Gasteiger partial charge in [0, 0.05) is 30.7 Å². The molecular formula is C21H26N2O8S. The van der Waals surface area contributed by atoms with Gasteiger partial charge in [-0.3, -0.25) is 0 Å². The van der Waals surface area contributed by atoms with Crippen LogP contribution in [0.15, 0.2) is 41.3 Å². The molecular weight excluding hydrogens is 440 g/mol. The first-order chi connectivity index (χ1) is 15.1. The molecule has 2 aromatic rings. The molecule has 1 heterocycles. The fourth-order valence-electron chi connectivity index (χ4n) is 3.48. The van der Waals surface area contributed by atoms with Crippen LogP contribution in [-0.4, -0.2) is 43.4 Å². The Hall–Kier alpha value is -3.18. The highest BCUT2D eigenvalue weighted by Crippen LogP contribution is 2.35. The van der Waals surface area contributed by atoms with Gasteiger partial charge in [0.25, 0.3) is 0 Å². The second kappa shape index (κ2) is 9.53. The van der Waals surface area contributed by atoms with Gasteiger partial charge in [0.1, 0.15) is 23.0 Å². The van der Waals surface area contributed by atoms with Gasteiger partial charge < -0.3 is 35.5 Å². The molecule has 2 unspecified atom stereocenters. The van der Waals surface area contributed by atoms with Crippen LogP contribution in [0.2, 0.25) is 0 Å². The van der Waals surface area contributed by atoms with Crippen LogP contribution in [0.1, 0.15) is 31.9 Å². The number of amides is 1. The SMILES string of the molecule is CC(C)C(NCCC(OC(N)=O)c1ccc(O)cc1O)S(=O)(=O)c1ccc2c(c1)OCO2. The molecule has 32 heavy (non-hydrogen) atoms. The smallest absolute Gasteiger partial charge is 0.405 e. The predicted octanol–water partition coefficient (Wildman–Crippen LogP) is 2.40. The number of carbonyl (C=O) groups is 1. The van der Waals surface area contributed by atoms with Gasteiger partial charge in [-0.25, -0.2) is 13.2 Å². The first kappa shape index (κ1) is 23.5. The molecule has 0 bridgehead atoms. The molecule has 11 heteroatoms. The van der Waals surface area contributed by atoms with Crippen LogP contribution < -0.4 is 20.5 Å². The molecule has 0 saturated heterocycles. The number of rotatable bonds is 9. The highest BCUT2D eigenvalue weighted by Gasteiger charge is 2.32. The summed E-state index contributed by atoms with van der Waals surface area (Å²) in [6, 6.07) is 8.30. The summed E-state index contributed by atoms with van der Waals surface area (Å²) in [5.41, 5.74) is 5.39. The van der Waals surface area contributed by atoms with E-state index < -0.39 is 27.4 Å². The Balaban J connectivity index is 1.76. The van der Waals surface area contributed by atoms with Crippen LogP contribution in [0.3, 0.4) is 0 Å². The van der Waals surface area contributed by atoms with Crippen molar-refractivity contribution in [3.8, 4) is 23.0 Å². The Kier molecular flexibility index (Phi) is 6.99. The van der Waals surface area contributed by atoms with E-state index in [9.17, 15) is 23.4 Å². The van der Waals surface area contributed by atoms with Gasteiger partial charge in [0.2, 0.25) is 6.79 Å². The lowest BCUT2D eigenvalue weighted by molar-refractivity contribution is 0.0992. The molecule has 10 nitrogen and oxygen atoms in total. The minimum absolute atomic E-state index is 0.0377. The third-order valence-electron chi connectivity index (χ3n) is 4.98. The number of phenols is 2. The summed E-state index contributed by atoms with van der Waals surface area (Å²) in [6.07, 6.45) is -1.86. The van der Waals surface area contributed by atoms with Crippen molar-refractivity contribution >= 4 is 15.9 Å². The van der Waals surface area contributed by atoms with E-state index in [0.29, 0.717) is 11.5 Å². The molecule has 2 atom stereocenters. The van der Waals surface area contributed by atoms with Crippen molar-refractivity contribution in [2.45, 2.75) is 36.6 Å². The topological polar surface area (TPSA) is 157 Å². The van der Waals surface area contributed by atoms with Crippen LogP contribution in [0, 0.1) is 5.92 Å². The van der Waals surface area contributed by atoms with Gasteiger partial charge in [0.05, 0.1) is 4.90 Å². The van der Waals surface area contributed by atoms with E-state index in [1.165, 1.54) is 24.3 Å². The number of sulfone groups is 1. The Morgan fingerprint density at radius 2 is 1.88 bits per heavy atom. The zero-order chi connectivity index (χ0) is 23.5. The molecule has 0 spiro atoms. The Morgan fingerprint density at radius 3 is 2.53 bits per heavy atom. The average molecular weight is 467 g/mol. The van der Waals surface area contributed by atoms with E-state index >= 15 is 0 Å². The zero-order valence-corrected chi connectivity index (χ0v) is 18.5. The molecule has 1 aliphatic heterocycles. The van der Waals surface area contributed by atoms with Crippen LogP contribution in [0.5, 0.6) is 23.0 Å². The van der Waals surface area contributed by atoms with Crippen molar-refractivity contribution in [3.05, 3.63) is 42.0 Å². The number of aromatic hydroxyl groups is 2. The van der Waals surface area contributed by atoms with Gasteiger partial charge in [-0.15, -0.1) is 0 Å². The number of nitrogens with two attached hydrogens (primary N) is 1. The van der Waals surface area contributed by atoms with Gasteiger partial charge in [0.15, 0.2) is 21.3 Å². The maximum Gasteiger partial charge on any atom is 0.405 e. The van der Waals surface area contributed by atoms with Crippen LogP contribution in [0.4, 0.5) is 4.79 Å². The molecule has 1 amide bonds. The molecule has 2 aromatic carbocycles. The van der Waals surface area contributed by atoms with Crippen molar-refractivity contribution < 1.29 is 37.6 Å². The number of benzene rings is 2. The molecule has 0 aliphatic carbocycles. The summed E-state index contributed by atoms with van der Waals surface area (Å²) in [4.78, 5) is 11.4. The summed E-state index contributed by atoms with van der Waals surface area (Å²) >= 11 is 0. The third kappa shape index (κ3) is 5.17. The number of ether oxygens (including phenoxy) is 3. The van der Waals surface area contributed by atoms with E-state index in [0.717, 1.165) is 6.07 Å². The van der Waals surface area contributed by atoms with E-state index in [4.69, 9.17) is 19.9 Å². The molecule has 0 aromatic heterocycles. The van der Waals surface area contributed by atoms with E-state index in [1.54, 1.807) is 19.9 Å². The number of primary amides is 1. The molecule has 0 radical (unpaired) electrons. The normalized spacial score (nSPS) is 14.8. The minimum atomic E-state index is -3.78. The second-order valence-electron chi connectivity index (χ2n) is 7.64. The number of fused-ring (bicyclic) bond motifs is 1. The van der Waals surface area contributed by atoms with Crippen molar-refractivity contribution in [3.63, 3.8) is 0 Å². The number of phenolic OH excluding ortho intramolecular Hbond substituents is 2. The number of hydrogen-bond donors (Lipinski definition) is 4. The summed E-state index contributed by atoms with van der Waals surface area (Å²) < 4.78 is 42.1. The monoisotopic (exact) mass is 466 g/mol. The van der Waals surface area contributed by atoms with Gasteiger partial charge >= 0.3 is 6.09 Å². The lowest BCUT2D eigenvalue weighted by atomic mass is 10.0. The Labute approximate surface area is 185 Å². The molecule has 174 valence electrons. The average Bonchev–Trinajstić information content (AvgIpc) is 3.17. The molecule has 3 rings (SSSR count). The van der Waals surface area contributed by atoms with Crippen molar-refractivity contribution in [2.24, 2.45) is 11.7 Å². The largest absolute Gasteiger partial charge is 0.508 e. The van der Waals surface area contributed by atoms with E-state index in [-0.39, 0.29) is 47.6 Å². The van der Waals surface area contributed by atoms with Gasteiger partial charge in [-0.1, -0.05) is 13.8 Å². The zero-order valence-electron chi connectivity index (χ0n) is 17.6. The molecule has 5 N–H and O–H groups in total. The second-order valence-corrected chi connectivity index (χ2v) is 9.71. The van der Waals surface area contributed by atoms with E-state index in [2.05, 4.69) is 5.32 Å². The number of carbonyl (C=O) groups excluding carboxylic acids is 1. The third-order valence-corrected chi connectivity index (χ3v) is 7.27. The lowest BCUT2D eigenvalue weighted by Crippen LogP contribution is -2.42. The fourth-order valence-corrected chi connectivity index (χ4v) is 5.36. The van der Waals surface area contributed by atoms with E-state index in [1.807, 2.05) is 0 Å². The summed E-state index contributed by atoms with van der Waals surface area (Å²) in [5.74, 6) is 0.133. The summed E-state index contributed by atoms with van der Waals surface area (Å²) in [6.45, 7) is 3.71. The molecule has 0 fully saturated rings. The maximum atomic E-state index is 13.3. The summed E-state index contributed by atoms with van der Waals surface area (Å²) in [7, 11) is -3.78. The van der Waals surface area contributed by atoms with Crippen LogP contribution in [0.25, 0.3) is 0 Å². The van der Waals surface area contributed by atoms with Crippen molar-refractivity contribution in [1.82, 2.24) is 5.32 Å². The highest BCUT2D eigenvalue weighted by atomic mass is 32.2. The van der Waals surface area contributed by atoms with Gasteiger partial charge in [-0.05, 0) is 30.2 Å². The summed E-state index contributed by atoms with van der Waals surface area (Å²) in [5, 5.41) is 21.6. The number of nitrogens with one attached hydrogen (secondary N) is 1. The fraction of sp³-hybridized carbons (Fsp3) is 0.381. The minimum Gasteiger partial charge on any atom is -0.508 e. The standard InChI is InChI=1S/C21H26N2O8S/c1-12(2)20(32(27,28)14-4-6-18-19(10-14)30-11-29-18)23-8-7-17(31-21(22)26)15-5-3-13(24)9-16(15)25/h3-6,9-10,12,17,20,23-25H,7-8,11H2,1-2H3,(H2,22,26). The van der Waals surface area contributed by atoms with Crippen LogP contribution in [-0.2, 0) is 14.6 Å². The van der Waals surface area contributed by atoms with Crippen LogP contribution >= 0.6 is 0 Å². The quantitative estimate of drug-likeness (QED) is 0.435. The van der Waals surface area contributed by atoms with Crippen molar-refractivity contribution in [1.29, 1.82) is 0 Å². The molecule has 0 saturated carbocycles. The molecule has 1 aliphatic rings. The number of hydrogen-bond acceptors (Lipinski definition) is 9. The van der Waals surface area contributed by atoms with Gasteiger partial charge in [-0.2, -0.15) is 0 Å². The maximum absolute atomic E-state index is 13.3. The van der Waals surface area contributed by atoms with Crippen molar-refractivity contribution in [2.75, 3.05) is 13.3 Å². The first-order valence-corrected chi connectivity index (χ1v) is 11.5. The Morgan fingerprint density at radius 1 is 1.16 bits per heavy atom. The highest BCUT2D eigenvalue weighted by molar-refractivity contribution is 7.92.